The number of nitrogens with zero attached hydrogens (tertiary/aromatic N) is 1. The molecule has 0 unspecified atom stereocenters. The van der Waals surface area contributed by atoms with Crippen molar-refractivity contribution in [3.8, 4) is 5.75 Å². The third kappa shape index (κ3) is 3.38. The van der Waals surface area contributed by atoms with Crippen molar-refractivity contribution in [1.29, 1.82) is 0 Å². The Balaban J connectivity index is 2.24. The van der Waals surface area contributed by atoms with E-state index in [1.54, 1.807) is 13.0 Å². The Kier molecular flexibility index (Phi) is 4.77. The summed E-state index contributed by atoms with van der Waals surface area (Å²) in [5, 5.41) is 0. The third-order valence-electron chi connectivity index (χ3n) is 3.55. The molecule has 1 aromatic carbocycles. The highest BCUT2D eigenvalue weighted by molar-refractivity contribution is 5.94. The van der Waals surface area contributed by atoms with Crippen LogP contribution in [0.25, 0.3) is 0 Å². The molecule has 108 valence electrons. The number of carbonyl (C=O) groups is 2. The number of rotatable bonds is 5. The molecule has 1 fully saturated rings. The van der Waals surface area contributed by atoms with Crippen LogP contribution < -0.4 is 4.74 Å². The van der Waals surface area contributed by atoms with Gasteiger partial charge in [0.25, 0.3) is 0 Å². The first-order valence-corrected chi connectivity index (χ1v) is 7.16. The minimum absolute atomic E-state index is 0.0271. The first kappa shape index (κ1) is 14.6. The summed E-state index contributed by atoms with van der Waals surface area (Å²) in [6, 6.07) is 5.44. The molecule has 4 heteroatoms. The van der Waals surface area contributed by atoms with E-state index in [9.17, 15) is 9.59 Å². The summed E-state index contributed by atoms with van der Waals surface area (Å²) in [6.45, 7) is 5.35. The van der Waals surface area contributed by atoms with Gasteiger partial charge in [0.2, 0.25) is 5.91 Å². The zero-order valence-electron chi connectivity index (χ0n) is 12.1. The van der Waals surface area contributed by atoms with Gasteiger partial charge in [-0.15, -0.1) is 0 Å². The van der Waals surface area contributed by atoms with Crippen molar-refractivity contribution in [3.05, 3.63) is 29.3 Å². The van der Waals surface area contributed by atoms with E-state index in [2.05, 4.69) is 0 Å². The summed E-state index contributed by atoms with van der Waals surface area (Å²) in [6.07, 6.45) is 2.64. The highest BCUT2D eigenvalue weighted by Gasteiger charge is 2.20. The van der Waals surface area contributed by atoms with Crippen molar-refractivity contribution in [2.75, 3.05) is 13.2 Å². The molecule has 20 heavy (non-hydrogen) atoms. The summed E-state index contributed by atoms with van der Waals surface area (Å²) in [5.74, 6) is 0.974. The second-order valence-corrected chi connectivity index (χ2v) is 5.08. The van der Waals surface area contributed by atoms with Crippen LogP contribution in [0.15, 0.2) is 18.2 Å². The molecule has 0 aromatic heterocycles. The molecule has 4 nitrogen and oxygen atoms in total. The van der Waals surface area contributed by atoms with E-state index < -0.39 is 0 Å². The van der Waals surface area contributed by atoms with Gasteiger partial charge in [0.1, 0.15) is 5.75 Å². The normalized spacial score (nSPS) is 15.3. The fraction of sp³-hybridized carbons (Fsp3) is 0.500. The molecule has 0 spiro atoms. The monoisotopic (exact) mass is 275 g/mol. The van der Waals surface area contributed by atoms with Crippen LogP contribution in [0.1, 0.15) is 49.0 Å². The predicted octanol–water partition coefficient (Wildman–Crippen LogP) is 2.80. The summed E-state index contributed by atoms with van der Waals surface area (Å²) in [5.41, 5.74) is 1.57. The Morgan fingerprint density at radius 2 is 2.15 bits per heavy atom. The molecular weight excluding hydrogens is 254 g/mol. The van der Waals surface area contributed by atoms with Crippen molar-refractivity contribution >= 4 is 11.7 Å². The second-order valence-electron chi connectivity index (χ2n) is 5.08. The van der Waals surface area contributed by atoms with E-state index in [0.717, 1.165) is 30.7 Å². The Morgan fingerprint density at radius 1 is 1.35 bits per heavy atom. The van der Waals surface area contributed by atoms with Crippen LogP contribution in [0, 0.1) is 0 Å². The topological polar surface area (TPSA) is 46.6 Å². The van der Waals surface area contributed by atoms with Gasteiger partial charge in [-0.2, -0.15) is 0 Å². The molecule has 1 aliphatic rings. The molecule has 0 aliphatic carbocycles. The predicted molar refractivity (Wildman–Crippen MR) is 76.9 cm³/mol. The molecular formula is C16H21NO3. The van der Waals surface area contributed by atoms with Gasteiger partial charge in [-0.25, -0.2) is 0 Å². The summed E-state index contributed by atoms with van der Waals surface area (Å²) in [7, 11) is 0. The first-order valence-electron chi connectivity index (χ1n) is 7.16. The van der Waals surface area contributed by atoms with E-state index in [1.165, 1.54) is 0 Å². The third-order valence-corrected chi connectivity index (χ3v) is 3.55. The zero-order chi connectivity index (χ0) is 14.5. The lowest BCUT2D eigenvalue weighted by Gasteiger charge is -2.27. The number of amides is 1. The minimum Gasteiger partial charge on any atom is -0.494 e. The van der Waals surface area contributed by atoms with E-state index in [-0.39, 0.29) is 11.7 Å². The molecule has 0 atom stereocenters. The minimum atomic E-state index is 0.0271. The SMILES string of the molecule is CCOc1ccc(C(C)=O)cc1CN1CCCCC1=O. The Labute approximate surface area is 119 Å². The Hall–Kier alpha value is -1.84. The molecule has 0 saturated carbocycles. The zero-order valence-corrected chi connectivity index (χ0v) is 12.1. The number of ketones is 1. The van der Waals surface area contributed by atoms with Gasteiger partial charge in [0, 0.05) is 30.6 Å². The van der Waals surface area contributed by atoms with Crippen molar-refractivity contribution in [3.63, 3.8) is 0 Å². The van der Waals surface area contributed by atoms with Crippen LogP contribution in [0.2, 0.25) is 0 Å². The average molecular weight is 275 g/mol. The Morgan fingerprint density at radius 3 is 2.80 bits per heavy atom. The number of hydrogen-bond acceptors (Lipinski definition) is 3. The van der Waals surface area contributed by atoms with Gasteiger partial charge in [0.15, 0.2) is 5.78 Å². The van der Waals surface area contributed by atoms with Crippen molar-refractivity contribution in [2.45, 2.75) is 39.7 Å². The standard InChI is InChI=1S/C16H21NO3/c1-3-20-15-8-7-13(12(2)18)10-14(15)11-17-9-5-4-6-16(17)19/h7-8,10H,3-6,9,11H2,1-2H3. The molecule has 1 saturated heterocycles. The van der Waals surface area contributed by atoms with Gasteiger partial charge < -0.3 is 9.64 Å². The summed E-state index contributed by atoms with van der Waals surface area (Å²) < 4.78 is 5.60. The fourth-order valence-corrected chi connectivity index (χ4v) is 2.45. The van der Waals surface area contributed by atoms with Gasteiger partial charge in [-0.1, -0.05) is 0 Å². The van der Waals surface area contributed by atoms with E-state index in [4.69, 9.17) is 4.74 Å². The molecule has 0 radical (unpaired) electrons. The van der Waals surface area contributed by atoms with Crippen LogP contribution in [-0.2, 0) is 11.3 Å². The number of Topliss-reactive ketones (excluding diaryl/α,β-unsaturated/α-hetero) is 1. The number of likely N-dealkylation sites (tertiary alicyclic amines) is 1. The van der Waals surface area contributed by atoms with E-state index >= 15 is 0 Å². The number of hydrogen-bond donors (Lipinski definition) is 0. The second kappa shape index (κ2) is 6.55. The maximum Gasteiger partial charge on any atom is 0.222 e. The van der Waals surface area contributed by atoms with Crippen LogP contribution in [0.4, 0.5) is 0 Å². The van der Waals surface area contributed by atoms with E-state index in [1.807, 2.05) is 24.0 Å². The number of carbonyl (C=O) groups excluding carboxylic acids is 2. The quantitative estimate of drug-likeness (QED) is 0.776. The highest BCUT2D eigenvalue weighted by Crippen LogP contribution is 2.24. The maximum atomic E-state index is 11.9. The van der Waals surface area contributed by atoms with E-state index in [0.29, 0.717) is 25.1 Å². The molecule has 2 rings (SSSR count). The summed E-state index contributed by atoms with van der Waals surface area (Å²) >= 11 is 0. The molecule has 0 bridgehead atoms. The van der Waals surface area contributed by atoms with Crippen molar-refractivity contribution in [1.82, 2.24) is 4.90 Å². The molecule has 1 aliphatic heterocycles. The van der Waals surface area contributed by atoms with Crippen LogP contribution in [0.5, 0.6) is 5.75 Å². The molecule has 1 amide bonds. The first-order chi connectivity index (χ1) is 9.61. The van der Waals surface area contributed by atoms with Gasteiger partial charge in [0.05, 0.1) is 6.61 Å². The van der Waals surface area contributed by atoms with Crippen molar-refractivity contribution < 1.29 is 14.3 Å². The number of benzene rings is 1. The Bertz CT molecular complexity index is 510. The van der Waals surface area contributed by atoms with Gasteiger partial charge in [-0.05, 0) is 44.9 Å². The van der Waals surface area contributed by atoms with Crippen molar-refractivity contribution in [2.24, 2.45) is 0 Å². The molecule has 1 aromatic rings. The lowest BCUT2D eigenvalue weighted by Crippen LogP contribution is -2.34. The van der Waals surface area contributed by atoms with Gasteiger partial charge >= 0.3 is 0 Å². The smallest absolute Gasteiger partial charge is 0.222 e. The maximum absolute atomic E-state index is 11.9. The molecule has 0 N–H and O–H groups in total. The largest absolute Gasteiger partial charge is 0.494 e. The summed E-state index contributed by atoms with van der Waals surface area (Å²) in [4.78, 5) is 25.3. The fourth-order valence-electron chi connectivity index (χ4n) is 2.45. The average Bonchev–Trinajstić information content (AvgIpc) is 2.43. The van der Waals surface area contributed by atoms with Crippen LogP contribution in [0.3, 0.4) is 0 Å². The number of piperidine rings is 1. The van der Waals surface area contributed by atoms with Crippen LogP contribution >= 0.6 is 0 Å². The van der Waals surface area contributed by atoms with Crippen LogP contribution in [-0.4, -0.2) is 29.7 Å². The lowest BCUT2D eigenvalue weighted by atomic mass is 10.0. The highest BCUT2D eigenvalue weighted by atomic mass is 16.5. The van der Waals surface area contributed by atoms with Gasteiger partial charge in [-0.3, -0.25) is 9.59 Å². The number of ether oxygens (including phenoxy) is 1. The lowest BCUT2D eigenvalue weighted by molar-refractivity contribution is -0.133. The molecule has 1 heterocycles.